The largest absolute Gasteiger partial charge is 0.481 e. The summed E-state index contributed by atoms with van der Waals surface area (Å²) in [6.07, 6.45) is 0.362. The highest BCUT2D eigenvalue weighted by atomic mass is 16.6. The maximum Gasteiger partial charge on any atom is 0.303 e. The molecule has 2 N–H and O–H groups in total. The van der Waals surface area contributed by atoms with Gasteiger partial charge in [-0.05, 0) is 12.8 Å². The quantitative estimate of drug-likeness (QED) is 0.630. The van der Waals surface area contributed by atoms with Gasteiger partial charge in [-0.2, -0.15) is 0 Å². The number of carboxylic acid groups (broad SMARTS) is 1. The first-order valence-corrected chi connectivity index (χ1v) is 5.93. The summed E-state index contributed by atoms with van der Waals surface area (Å²) in [5.41, 5.74) is 0. The van der Waals surface area contributed by atoms with Gasteiger partial charge in [-0.15, -0.1) is 0 Å². The van der Waals surface area contributed by atoms with E-state index in [4.69, 9.17) is 19.3 Å². The van der Waals surface area contributed by atoms with E-state index in [1.54, 1.807) is 0 Å². The molecule has 0 radical (unpaired) electrons. The lowest BCUT2D eigenvalue weighted by Gasteiger charge is -2.16. The van der Waals surface area contributed by atoms with Crippen molar-refractivity contribution in [3.05, 3.63) is 0 Å². The first kappa shape index (κ1) is 12.8. The van der Waals surface area contributed by atoms with Crippen molar-refractivity contribution in [2.24, 2.45) is 0 Å². The minimum atomic E-state index is -0.781. The van der Waals surface area contributed by atoms with Gasteiger partial charge in [0.25, 0.3) is 0 Å². The van der Waals surface area contributed by atoms with Crippen molar-refractivity contribution < 1.29 is 29.2 Å². The Morgan fingerprint density at radius 3 is 2.76 bits per heavy atom. The molecule has 0 saturated carbocycles. The van der Waals surface area contributed by atoms with Crippen LogP contribution in [0.25, 0.3) is 0 Å². The standard InChI is InChI=1S/C11H18O6/c12-7-5-16-11-8(6-17-10(7)11)15-4-2-1-3-9(13)14/h7-8,10-12H,1-6H2,(H,13,14)/t7-,8+,10+,11+/m0/s1. The average Bonchev–Trinajstić information content (AvgIpc) is 2.82. The summed E-state index contributed by atoms with van der Waals surface area (Å²) in [6.45, 7) is 1.24. The summed E-state index contributed by atoms with van der Waals surface area (Å²) >= 11 is 0. The van der Waals surface area contributed by atoms with Crippen LogP contribution in [0.5, 0.6) is 0 Å². The summed E-state index contributed by atoms with van der Waals surface area (Å²) in [4.78, 5) is 10.3. The molecule has 0 spiro atoms. The zero-order valence-corrected chi connectivity index (χ0v) is 9.58. The van der Waals surface area contributed by atoms with Crippen LogP contribution in [0.15, 0.2) is 0 Å². The van der Waals surface area contributed by atoms with E-state index in [2.05, 4.69) is 0 Å². The van der Waals surface area contributed by atoms with Crippen molar-refractivity contribution in [1.82, 2.24) is 0 Å². The summed E-state index contributed by atoms with van der Waals surface area (Å²) < 4.78 is 16.4. The Bertz CT molecular complexity index is 269. The number of aliphatic hydroxyl groups is 1. The Morgan fingerprint density at radius 1 is 1.24 bits per heavy atom. The van der Waals surface area contributed by atoms with Crippen LogP contribution >= 0.6 is 0 Å². The van der Waals surface area contributed by atoms with E-state index in [9.17, 15) is 9.90 Å². The molecule has 0 aliphatic carbocycles. The minimum absolute atomic E-state index is 0.137. The molecular formula is C11H18O6. The fourth-order valence-corrected chi connectivity index (χ4v) is 2.20. The van der Waals surface area contributed by atoms with Gasteiger partial charge in [0.15, 0.2) is 0 Å². The number of ether oxygens (including phenoxy) is 3. The first-order chi connectivity index (χ1) is 8.18. The molecule has 6 nitrogen and oxygen atoms in total. The van der Waals surface area contributed by atoms with Crippen LogP contribution in [-0.2, 0) is 19.0 Å². The molecule has 4 atom stereocenters. The Labute approximate surface area is 99.5 Å². The second kappa shape index (κ2) is 5.77. The molecule has 2 aliphatic rings. The van der Waals surface area contributed by atoms with E-state index in [0.29, 0.717) is 32.7 Å². The molecule has 2 fully saturated rings. The summed E-state index contributed by atoms with van der Waals surface area (Å²) in [7, 11) is 0. The summed E-state index contributed by atoms with van der Waals surface area (Å²) in [5, 5.41) is 18.0. The molecule has 6 heteroatoms. The zero-order chi connectivity index (χ0) is 12.3. The molecule has 0 bridgehead atoms. The van der Waals surface area contributed by atoms with E-state index in [0.717, 1.165) is 0 Å². The second-order valence-electron chi connectivity index (χ2n) is 4.42. The van der Waals surface area contributed by atoms with Gasteiger partial charge < -0.3 is 24.4 Å². The molecule has 0 aromatic carbocycles. The topological polar surface area (TPSA) is 85.2 Å². The second-order valence-corrected chi connectivity index (χ2v) is 4.42. The Hall–Kier alpha value is -0.690. The Balaban J connectivity index is 1.62. The van der Waals surface area contributed by atoms with Gasteiger partial charge >= 0.3 is 5.97 Å². The highest BCUT2D eigenvalue weighted by Gasteiger charge is 2.47. The van der Waals surface area contributed by atoms with Crippen LogP contribution in [-0.4, -0.2) is 60.4 Å². The van der Waals surface area contributed by atoms with Gasteiger partial charge in [0.05, 0.1) is 13.2 Å². The lowest BCUT2D eigenvalue weighted by molar-refractivity contribution is -0.137. The fraction of sp³-hybridized carbons (Fsp3) is 0.909. The van der Waals surface area contributed by atoms with Crippen LogP contribution in [0.1, 0.15) is 19.3 Å². The fourth-order valence-electron chi connectivity index (χ4n) is 2.20. The maximum atomic E-state index is 10.3. The summed E-state index contributed by atoms with van der Waals surface area (Å²) in [5.74, 6) is -0.781. The van der Waals surface area contributed by atoms with Gasteiger partial charge in [-0.3, -0.25) is 4.79 Å². The third kappa shape index (κ3) is 3.16. The van der Waals surface area contributed by atoms with Crippen molar-refractivity contribution in [3.8, 4) is 0 Å². The molecular weight excluding hydrogens is 228 g/mol. The Kier molecular flexibility index (Phi) is 4.33. The van der Waals surface area contributed by atoms with Crippen LogP contribution in [0.2, 0.25) is 0 Å². The lowest BCUT2D eigenvalue weighted by Crippen LogP contribution is -2.33. The SMILES string of the molecule is O=C(O)CCCCO[C@@H]1CO[C@H]2[C@@H]1OC[C@@H]2O. The lowest BCUT2D eigenvalue weighted by atomic mass is 10.1. The minimum Gasteiger partial charge on any atom is -0.481 e. The van der Waals surface area contributed by atoms with Gasteiger partial charge in [-0.25, -0.2) is 0 Å². The van der Waals surface area contributed by atoms with Gasteiger partial charge in [0, 0.05) is 13.0 Å². The molecule has 2 heterocycles. The number of unbranched alkanes of at least 4 members (excludes halogenated alkanes) is 1. The Morgan fingerprint density at radius 2 is 2.00 bits per heavy atom. The number of hydrogen-bond acceptors (Lipinski definition) is 5. The van der Waals surface area contributed by atoms with Crippen molar-refractivity contribution in [2.75, 3.05) is 19.8 Å². The van der Waals surface area contributed by atoms with Crippen LogP contribution < -0.4 is 0 Å². The summed E-state index contributed by atoms with van der Waals surface area (Å²) in [6, 6.07) is 0. The molecule has 0 aromatic rings. The van der Waals surface area contributed by atoms with Crippen molar-refractivity contribution in [3.63, 3.8) is 0 Å². The highest BCUT2D eigenvalue weighted by Crippen LogP contribution is 2.28. The van der Waals surface area contributed by atoms with E-state index < -0.39 is 12.1 Å². The highest BCUT2D eigenvalue weighted by molar-refractivity contribution is 5.66. The van der Waals surface area contributed by atoms with Crippen molar-refractivity contribution >= 4 is 5.97 Å². The number of rotatable bonds is 6. The first-order valence-electron chi connectivity index (χ1n) is 5.93. The predicted octanol–water partition coefficient (Wildman–Crippen LogP) is -0.215. The van der Waals surface area contributed by atoms with Gasteiger partial charge in [0.2, 0.25) is 0 Å². The monoisotopic (exact) mass is 246 g/mol. The molecule has 0 amide bonds. The zero-order valence-electron chi connectivity index (χ0n) is 9.58. The van der Waals surface area contributed by atoms with Gasteiger partial charge in [-0.1, -0.05) is 0 Å². The number of fused-ring (bicyclic) bond motifs is 1. The molecule has 2 aliphatic heterocycles. The molecule has 98 valence electrons. The van der Waals surface area contributed by atoms with E-state index in [-0.39, 0.29) is 24.7 Å². The smallest absolute Gasteiger partial charge is 0.303 e. The van der Waals surface area contributed by atoms with Crippen molar-refractivity contribution in [1.29, 1.82) is 0 Å². The van der Waals surface area contributed by atoms with Crippen LogP contribution in [0.3, 0.4) is 0 Å². The molecule has 2 saturated heterocycles. The number of carbonyl (C=O) groups is 1. The number of aliphatic hydroxyl groups excluding tert-OH is 1. The number of aliphatic carboxylic acids is 1. The molecule has 0 unspecified atom stereocenters. The number of hydrogen-bond donors (Lipinski definition) is 2. The van der Waals surface area contributed by atoms with Crippen molar-refractivity contribution in [2.45, 2.75) is 43.7 Å². The third-order valence-corrected chi connectivity index (χ3v) is 3.10. The molecule has 17 heavy (non-hydrogen) atoms. The van der Waals surface area contributed by atoms with Gasteiger partial charge in [0.1, 0.15) is 24.4 Å². The average molecular weight is 246 g/mol. The van der Waals surface area contributed by atoms with E-state index in [1.165, 1.54) is 0 Å². The normalized spacial score (nSPS) is 36.1. The predicted molar refractivity (Wildman–Crippen MR) is 56.7 cm³/mol. The molecule has 0 aromatic heterocycles. The van der Waals surface area contributed by atoms with E-state index in [1.807, 2.05) is 0 Å². The molecule has 2 rings (SSSR count). The van der Waals surface area contributed by atoms with Crippen LogP contribution in [0.4, 0.5) is 0 Å². The maximum absolute atomic E-state index is 10.3. The van der Waals surface area contributed by atoms with Crippen LogP contribution in [0, 0.1) is 0 Å². The van der Waals surface area contributed by atoms with E-state index >= 15 is 0 Å². The third-order valence-electron chi connectivity index (χ3n) is 3.10. The number of carboxylic acids is 1.